The lowest BCUT2D eigenvalue weighted by molar-refractivity contribution is 0.558. The highest BCUT2D eigenvalue weighted by atomic mass is 32.1. The Morgan fingerprint density at radius 3 is 2.76 bits per heavy atom. The number of nitrogens with one attached hydrogen (secondary N) is 1. The van der Waals surface area contributed by atoms with E-state index in [0.717, 1.165) is 12.1 Å². The normalized spacial score (nSPS) is 12.9. The van der Waals surface area contributed by atoms with Crippen LogP contribution in [0.15, 0.2) is 17.5 Å². The summed E-state index contributed by atoms with van der Waals surface area (Å²) in [5.74, 6) is 5.65. The zero-order valence-corrected chi connectivity index (χ0v) is 11.2. The standard InChI is InChI=1S/C12H18N4S/c1-8-10(9(2)16(3)15-8)7-11(14-13)12-5-4-6-17-12/h4-6,11,14H,7,13H2,1-3H3. The number of nitrogens with zero attached hydrogens (tertiary/aromatic N) is 2. The third kappa shape index (κ3) is 2.41. The molecule has 0 aliphatic carbocycles. The first kappa shape index (κ1) is 12.3. The smallest absolute Gasteiger partial charge is 0.0629 e. The molecule has 0 bridgehead atoms. The molecule has 4 nitrogen and oxygen atoms in total. The van der Waals surface area contributed by atoms with E-state index in [0.29, 0.717) is 0 Å². The van der Waals surface area contributed by atoms with Crippen LogP contribution in [0, 0.1) is 13.8 Å². The van der Waals surface area contributed by atoms with Gasteiger partial charge in [-0.2, -0.15) is 5.10 Å². The molecule has 2 rings (SSSR count). The van der Waals surface area contributed by atoms with Crippen molar-refractivity contribution < 1.29 is 0 Å². The molecule has 0 aliphatic heterocycles. The average Bonchev–Trinajstić information content (AvgIpc) is 2.89. The van der Waals surface area contributed by atoms with Crippen LogP contribution in [-0.2, 0) is 13.5 Å². The molecule has 17 heavy (non-hydrogen) atoms. The molecule has 2 aromatic rings. The van der Waals surface area contributed by atoms with Gasteiger partial charge in [0.05, 0.1) is 11.7 Å². The summed E-state index contributed by atoms with van der Waals surface area (Å²) in [7, 11) is 1.97. The quantitative estimate of drug-likeness (QED) is 0.643. The van der Waals surface area contributed by atoms with Crippen LogP contribution in [0.1, 0.15) is 27.9 Å². The predicted octanol–water partition coefficient (Wildman–Crippen LogP) is 1.85. The van der Waals surface area contributed by atoms with E-state index in [9.17, 15) is 0 Å². The van der Waals surface area contributed by atoms with Gasteiger partial charge < -0.3 is 0 Å². The SMILES string of the molecule is Cc1nn(C)c(C)c1CC(NN)c1cccs1. The molecule has 0 aromatic carbocycles. The highest BCUT2D eigenvalue weighted by Gasteiger charge is 2.17. The number of hydrazine groups is 1. The van der Waals surface area contributed by atoms with Crippen LogP contribution < -0.4 is 11.3 Å². The van der Waals surface area contributed by atoms with Crippen LogP contribution in [0.5, 0.6) is 0 Å². The van der Waals surface area contributed by atoms with E-state index in [1.165, 1.54) is 16.1 Å². The van der Waals surface area contributed by atoms with Crippen molar-refractivity contribution in [2.24, 2.45) is 12.9 Å². The first-order chi connectivity index (χ1) is 8.13. The fourth-order valence-electron chi connectivity index (χ4n) is 2.05. The fourth-order valence-corrected chi connectivity index (χ4v) is 2.84. The Morgan fingerprint density at radius 1 is 1.53 bits per heavy atom. The molecule has 2 heterocycles. The van der Waals surface area contributed by atoms with E-state index in [4.69, 9.17) is 5.84 Å². The summed E-state index contributed by atoms with van der Waals surface area (Å²) in [5, 5.41) is 6.50. The van der Waals surface area contributed by atoms with E-state index in [1.54, 1.807) is 11.3 Å². The predicted molar refractivity (Wildman–Crippen MR) is 70.8 cm³/mol. The van der Waals surface area contributed by atoms with Gasteiger partial charge in [-0.05, 0) is 37.3 Å². The van der Waals surface area contributed by atoms with Gasteiger partial charge in [0.1, 0.15) is 0 Å². The summed E-state index contributed by atoms with van der Waals surface area (Å²) in [5.41, 5.74) is 6.46. The van der Waals surface area contributed by atoms with Gasteiger partial charge in [0, 0.05) is 17.6 Å². The van der Waals surface area contributed by atoms with Gasteiger partial charge in [-0.15, -0.1) is 11.3 Å². The van der Waals surface area contributed by atoms with Gasteiger partial charge in [-0.1, -0.05) is 6.07 Å². The number of hydrogen-bond acceptors (Lipinski definition) is 4. The van der Waals surface area contributed by atoms with E-state index in [-0.39, 0.29) is 6.04 Å². The van der Waals surface area contributed by atoms with E-state index >= 15 is 0 Å². The van der Waals surface area contributed by atoms with Crippen LogP contribution in [0.3, 0.4) is 0 Å². The van der Waals surface area contributed by atoms with Crippen LogP contribution in [0.2, 0.25) is 0 Å². The lowest BCUT2D eigenvalue weighted by Crippen LogP contribution is -2.29. The Morgan fingerprint density at radius 2 is 2.29 bits per heavy atom. The van der Waals surface area contributed by atoms with Crippen LogP contribution in [0.4, 0.5) is 0 Å². The summed E-state index contributed by atoms with van der Waals surface area (Å²) in [4.78, 5) is 1.26. The molecular formula is C12H18N4S. The van der Waals surface area contributed by atoms with Gasteiger partial charge in [0.2, 0.25) is 0 Å². The molecule has 0 radical (unpaired) electrons. The van der Waals surface area contributed by atoms with Crippen molar-refractivity contribution in [2.75, 3.05) is 0 Å². The molecule has 92 valence electrons. The van der Waals surface area contributed by atoms with Crippen molar-refractivity contribution in [1.29, 1.82) is 0 Å². The second-order valence-electron chi connectivity index (χ2n) is 4.21. The summed E-state index contributed by atoms with van der Waals surface area (Å²) in [6.07, 6.45) is 0.878. The molecule has 0 saturated carbocycles. The molecule has 5 heteroatoms. The summed E-state index contributed by atoms with van der Waals surface area (Å²) >= 11 is 1.72. The molecule has 0 amide bonds. The lowest BCUT2D eigenvalue weighted by atomic mass is 10.0. The number of aromatic nitrogens is 2. The number of hydrogen-bond donors (Lipinski definition) is 2. The molecule has 0 saturated heterocycles. The molecule has 0 spiro atoms. The zero-order chi connectivity index (χ0) is 12.4. The van der Waals surface area contributed by atoms with Crippen LogP contribution in [-0.4, -0.2) is 9.78 Å². The summed E-state index contributed by atoms with van der Waals surface area (Å²) in [6, 6.07) is 4.32. The van der Waals surface area contributed by atoms with Crippen molar-refractivity contribution in [1.82, 2.24) is 15.2 Å². The van der Waals surface area contributed by atoms with Gasteiger partial charge in [-0.25, -0.2) is 0 Å². The molecule has 2 aromatic heterocycles. The maximum atomic E-state index is 5.65. The number of aryl methyl sites for hydroxylation is 2. The van der Waals surface area contributed by atoms with Crippen LogP contribution >= 0.6 is 11.3 Å². The first-order valence-electron chi connectivity index (χ1n) is 5.62. The average molecular weight is 250 g/mol. The molecule has 0 aliphatic rings. The topological polar surface area (TPSA) is 55.9 Å². The summed E-state index contributed by atoms with van der Waals surface area (Å²) < 4.78 is 1.92. The van der Waals surface area contributed by atoms with Gasteiger partial charge in [0.25, 0.3) is 0 Å². The molecule has 0 fully saturated rings. The minimum Gasteiger partial charge on any atom is -0.272 e. The highest BCUT2D eigenvalue weighted by Crippen LogP contribution is 2.24. The Hall–Kier alpha value is -1.17. The van der Waals surface area contributed by atoms with Crippen LogP contribution in [0.25, 0.3) is 0 Å². The Bertz CT molecular complexity index is 487. The minimum absolute atomic E-state index is 0.164. The molecular weight excluding hydrogens is 232 g/mol. The molecule has 3 N–H and O–H groups in total. The minimum atomic E-state index is 0.164. The zero-order valence-electron chi connectivity index (χ0n) is 10.4. The monoisotopic (exact) mass is 250 g/mol. The third-order valence-electron chi connectivity index (χ3n) is 3.15. The second kappa shape index (κ2) is 5.00. The molecule has 1 unspecified atom stereocenters. The van der Waals surface area contributed by atoms with E-state index in [1.807, 2.05) is 24.7 Å². The number of thiophene rings is 1. The van der Waals surface area contributed by atoms with Gasteiger partial charge in [0.15, 0.2) is 0 Å². The fraction of sp³-hybridized carbons (Fsp3) is 0.417. The maximum Gasteiger partial charge on any atom is 0.0629 e. The highest BCUT2D eigenvalue weighted by molar-refractivity contribution is 7.10. The Labute approximate surface area is 105 Å². The van der Waals surface area contributed by atoms with E-state index in [2.05, 4.69) is 28.9 Å². The Balaban J connectivity index is 2.24. The second-order valence-corrected chi connectivity index (χ2v) is 5.19. The van der Waals surface area contributed by atoms with Crippen molar-refractivity contribution >= 4 is 11.3 Å². The third-order valence-corrected chi connectivity index (χ3v) is 4.14. The first-order valence-corrected chi connectivity index (χ1v) is 6.50. The molecule has 1 atom stereocenters. The summed E-state index contributed by atoms with van der Waals surface area (Å²) in [6.45, 7) is 4.14. The number of rotatable bonds is 4. The maximum absolute atomic E-state index is 5.65. The van der Waals surface area contributed by atoms with Crippen molar-refractivity contribution in [3.05, 3.63) is 39.3 Å². The number of nitrogens with two attached hydrogens (primary N) is 1. The van der Waals surface area contributed by atoms with Crippen molar-refractivity contribution in [3.63, 3.8) is 0 Å². The lowest BCUT2D eigenvalue weighted by Gasteiger charge is -2.14. The largest absolute Gasteiger partial charge is 0.272 e. The van der Waals surface area contributed by atoms with Crippen molar-refractivity contribution in [2.45, 2.75) is 26.3 Å². The van der Waals surface area contributed by atoms with Gasteiger partial charge >= 0.3 is 0 Å². The van der Waals surface area contributed by atoms with Gasteiger partial charge in [-0.3, -0.25) is 16.0 Å². The van der Waals surface area contributed by atoms with E-state index < -0.39 is 0 Å². The Kier molecular flexibility index (Phi) is 3.61. The van der Waals surface area contributed by atoms with Crippen molar-refractivity contribution in [3.8, 4) is 0 Å².